The zero-order valence-corrected chi connectivity index (χ0v) is 17.2. The monoisotopic (exact) mass is 419 g/mol. The summed E-state index contributed by atoms with van der Waals surface area (Å²) >= 11 is 0. The van der Waals surface area contributed by atoms with Crippen molar-refractivity contribution in [2.24, 2.45) is 0 Å². The SMILES string of the molecule is CN(C)CCCOc1ccc(NC(=O)CCCNC(=O)c2ccc(F)cc2F)cc1. The number of halogens is 2. The van der Waals surface area contributed by atoms with E-state index in [1.165, 1.54) is 0 Å². The third-order valence-electron chi connectivity index (χ3n) is 4.20. The van der Waals surface area contributed by atoms with Crippen LogP contribution in [0, 0.1) is 11.6 Å². The summed E-state index contributed by atoms with van der Waals surface area (Å²) in [6, 6.07) is 9.87. The van der Waals surface area contributed by atoms with Gasteiger partial charge in [-0.15, -0.1) is 0 Å². The van der Waals surface area contributed by atoms with Gasteiger partial charge in [-0.05, 0) is 63.3 Å². The number of carbonyl (C=O) groups is 2. The van der Waals surface area contributed by atoms with E-state index in [1.807, 2.05) is 14.1 Å². The fourth-order valence-electron chi connectivity index (χ4n) is 2.65. The zero-order chi connectivity index (χ0) is 21.9. The van der Waals surface area contributed by atoms with Crippen LogP contribution in [-0.2, 0) is 4.79 Å². The van der Waals surface area contributed by atoms with Gasteiger partial charge in [-0.1, -0.05) is 0 Å². The van der Waals surface area contributed by atoms with E-state index in [-0.39, 0.29) is 24.4 Å². The molecule has 0 aliphatic heterocycles. The van der Waals surface area contributed by atoms with Crippen LogP contribution in [0.25, 0.3) is 0 Å². The maximum atomic E-state index is 13.6. The first-order valence-corrected chi connectivity index (χ1v) is 9.76. The molecule has 0 aliphatic rings. The first-order chi connectivity index (χ1) is 14.3. The minimum atomic E-state index is -0.921. The molecule has 2 amide bonds. The summed E-state index contributed by atoms with van der Waals surface area (Å²) in [6.07, 6.45) is 1.50. The van der Waals surface area contributed by atoms with Crippen LogP contribution in [-0.4, -0.2) is 50.5 Å². The van der Waals surface area contributed by atoms with Crippen molar-refractivity contribution in [1.29, 1.82) is 0 Å². The molecular weight excluding hydrogens is 392 g/mol. The highest BCUT2D eigenvalue weighted by Gasteiger charge is 2.12. The average Bonchev–Trinajstić information content (AvgIpc) is 2.69. The molecule has 6 nitrogen and oxygen atoms in total. The molecule has 0 saturated carbocycles. The lowest BCUT2D eigenvalue weighted by Crippen LogP contribution is -2.26. The van der Waals surface area contributed by atoms with Gasteiger partial charge in [0.2, 0.25) is 5.91 Å². The second-order valence-electron chi connectivity index (χ2n) is 7.06. The van der Waals surface area contributed by atoms with Gasteiger partial charge in [-0.25, -0.2) is 8.78 Å². The van der Waals surface area contributed by atoms with Gasteiger partial charge in [0.15, 0.2) is 0 Å². The van der Waals surface area contributed by atoms with Gasteiger partial charge in [0, 0.05) is 31.3 Å². The lowest BCUT2D eigenvalue weighted by Gasteiger charge is -2.11. The Kier molecular flexibility index (Phi) is 9.21. The molecular formula is C22H27F2N3O3. The van der Waals surface area contributed by atoms with Crippen molar-refractivity contribution in [2.45, 2.75) is 19.3 Å². The van der Waals surface area contributed by atoms with Crippen molar-refractivity contribution >= 4 is 17.5 Å². The smallest absolute Gasteiger partial charge is 0.254 e. The predicted molar refractivity (Wildman–Crippen MR) is 112 cm³/mol. The summed E-state index contributed by atoms with van der Waals surface area (Å²) < 4.78 is 32.1. The van der Waals surface area contributed by atoms with E-state index in [9.17, 15) is 18.4 Å². The normalized spacial score (nSPS) is 10.7. The summed E-state index contributed by atoms with van der Waals surface area (Å²) in [7, 11) is 4.02. The molecule has 2 rings (SSSR count). The van der Waals surface area contributed by atoms with E-state index in [2.05, 4.69) is 15.5 Å². The molecule has 0 heterocycles. The van der Waals surface area contributed by atoms with E-state index in [1.54, 1.807) is 24.3 Å². The van der Waals surface area contributed by atoms with E-state index < -0.39 is 17.5 Å². The number of nitrogens with one attached hydrogen (secondary N) is 2. The summed E-state index contributed by atoms with van der Waals surface area (Å²) in [4.78, 5) is 26.0. The van der Waals surface area contributed by atoms with Crippen molar-refractivity contribution in [3.63, 3.8) is 0 Å². The molecule has 0 saturated heterocycles. The highest BCUT2D eigenvalue weighted by molar-refractivity contribution is 5.94. The van der Waals surface area contributed by atoms with Gasteiger partial charge >= 0.3 is 0 Å². The third-order valence-corrected chi connectivity index (χ3v) is 4.20. The van der Waals surface area contributed by atoms with E-state index in [4.69, 9.17) is 4.74 Å². The molecule has 162 valence electrons. The van der Waals surface area contributed by atoms with Crippen LogP contribution < -0.4 is 15.4 Å². The van der Waals surface area contributed by atoms with E-state index in [0.29, 0.717) is 24.8 Å². The zero-order valence-electron chi connectivity index (χ0n) is 17.2. The van der Waals surface area contributed by atoms with Gasteiger partial charge in [0.05, 0.1) is 12.2 Å². The molecule has 0 aliphatic carbocycles. The Morgan fingerprint density at radius 2 is 1.77 bits per heavy atom. The summed E-state index contributed by atoms with van der Waals surface area (Å²) in [5, 5.41) is 5.29. The van der Waals surface area contributed by atoms with Crippen LogP contribution in [0.3, 0.4) is 0 Å². The summed E-state index contributed by atoms with van der Waals surface area (Å²) in [6.45, 7) is 1.77. The second kappa shape index (κ2) is 11.9. The molecule has 2 N–H and O–H groups in total. The van der Waals surface area contributed by atoms with Crippen LogP contribution >= 0.6 is 0 Å². The topological polar surface area (TPSA) is 70.7 Å². The maximum Gasteiger partial charge on any atom is 0.254 e. The van der Waals surface area contributed by atoms with E-state index >= 15 is 0 Å². The molecule has 2 aromatic carbocycles. The first kappa shape index (κ1) is 23.3. The Hall–Kier alpha value is -3.00. The minimum Gasteiger partial charge on any atom is -0.494 e. The number of anilines is 1. The number of ether oxygens (including phenoxy) is 1. The Bertz CT molecular complexity index is 842. The van der Waals surface area contributed by atoms with Crippen molar-refractivity contribution in [3.05, 3.63) is 59.7 Å². The van der Waals surface area contributed by atoms with Crippen LogP contribution in [0.2, 0.25) is 0 Å². The fraction of sp³-hybridized carbons (Fsp3) is 0.364. The molecule has 0 atom stereocenters. The standard InChI is InChI=1S/C22H27F2N3O3/c1-27(2)13-4-14-30-18-9-7-17(8-10-18)26-21(28)5-3-12-25-22(29)19-11-6-16(23)15-20(19)24/h6-11,15H,3-5,12-14H2,1-2H3,(H,25,29)(H,26,28). The molecule has 0 spiro atoms. The molecule has 8 heteroatoms. The fourth-order valence-corrected chi connectivity index (χ4v) is 2.65. The maximum absolute atomic E-state index is 13.6. The molecule has 0 unspecified atom stereocenters. The average molecular weight is 419 g/mol. The van der Waals surface area contributed by atoms with Crippen LogP contribution in [0.4, 0.5) is 14.5 Å². The largest absolute Gasteiger partial charge is 0.494 e. The molecule has 0 radical (unpaired) electrons. The lowest BCUT2D eigenvalue weighted by atomic mass is 10.2. The molecule has 0 aromatic heterocycles. The number of hydrogen-bond acceptors (Lipinski definition) is 4. The van der Waals surface area contributed by atoms with Crippen molar-refractivity contribution in [2.75, 3.05) is 39.1 Å². The number of nitrogens with zero attached hydrogens (tertiary/aromatic N) is 1. The van der Waals surface area contributed by atoms with Crippen LogP contribution in [0.5, 0.6) is 5.75 Å². The van der Waals surface area contributed by atoms with Crippen molar-refractivity contribution < 1.29 is 23.1 Å². The van der Waals surface area contributed by atoms with Crippen LogP contribution in [0.15, 0.2) is 42.5 Å². The predicted octanol–water partition coefficient (Wildman–Crippen LogP) is 3.44. The Labute approximate surface area is 175 Å². The lowest BCUT2D eigenvalue weighted by molar-refractivity contribution is -0.116. The first-order valence-electron chi connectivity index (χ1n) is 9.76. The van der Waals surface area contributed by atoms with Crippen molar-refractivity contribution in [3.8, 4) is 5.75 Å². The quantitative estimate of drug-likeness (QED) is 0.548. The van der Waals surface area contributed by atoms with Gasteiger partial charge in [-0.2, -0.15) is 0 Å². The Morgan fingerprint density at radius 3 is 2.43 bits per heavy atom. The highest BCUT2D eigenvalue weighted by Crippen LogP contribution is 2.16. The van der Waals surface area contributed by atoms with Gasteiger partial charge in [0.1, 0.15) is 17.4 Å². The van der Waals surface area contributed by atoms with Crippen LogP contribution in [0.1, 0.15) is 29.6 Å². The van der Waals surface area contributed by atoms with Gasteiger partial charge < -0.3 is 20.3 Å². The number of amides is 2. The Morgan fingerprint density at radius 1 is 1.03 bits per heavy atom. The molecule has 0 fully saturated rings. The number of benzene rings is 2. The highest BCUT2D eigenvalue weighted by atomic mass is 19.1. The molecule has 30 heavy (non-hydrogen) atoms. The second-order valence-corrected chi connectivity index (χ2v) is 7.06. The minimum absolute atomic E-state index is 0.189. The third kappa shape index (κ3) is 8.16. The molecule has 2 aromatic rings. The number of rotatable bonds is 11. The molecule has 0 bridgehead atoms. The Balaban J connectivity index is 1.66. The van der Waals surface area contributed by atoms with Gasteiger partial charge in [-0.3, -0.25) is 9.59 Å². The number of carbonyl (C=O) groups excluding carboxylic acids is 2. The van der Waals surface area contributed by atoms with Gasteiger partial charge in [0.25, 0.3) is 5.91 Å². The van der Waals surface area contributed by atoms with Crippen molar-refractivity contribution in [1.82, 2.24) is 10.2 Å². The van der Waals surface area contributed by atoms with E-state index in [0.717, 1.165) is 30.8 Å². The number of hydrogen-bond donors (Lipinski definition) is 2. The summed E-state index contributed by atoms with van der Waals surface area (Å²) in [5.41, 5.74) is 0.419. The summed E-state index contributed by atoms with van der Waals surface area (Å²) in [5.74, 6) is -1.77.